The summed E-state index contributed by atoms with van der Waals surface area (Å²) in [6.07, 6.45) is 0.912. The molecule has 3 heteroatoms. The number of rotatable bonds is 2. The maximum absolute atomic E-state index is 6.59. The van der Waals surface area contributed by atoms with E-state index in [2.05, 4.69) is 0 Å². The lowest BCUT2D eigenvalue weighted by molar-refractivity contribution is 0.570. The minimum atomic E-state index is 0. The Morgan fingerprint density at radius 2 is 1.80 bits per heavy atom. The van der Waals surface area contributed by atoms with Crippen molar-refractivity contribution >= 4 is 18.8 Å². The van der Waals surface area contributed by atoms with Gasteiger partial charge in [-0.15, -0.1) is 12.4 Å². The molecule has 1 rings (SSSR count). The smallest absolute Gasteiger partial charge is 0.173 e. The molecule has 1 aromatic carbocycles. The zero-order valence-corrected chi connectivity index (χ0v) is 6.10. The van der Waals surface area contributed by atoms with Crippen molar-refractivity contribution < 1.29 is 4.74 Å². The van der Waals surface area contributed by atoms with Gasteiger partial charge in [-0.25, -0.2) is 0 Å². The Morgan fingerprint density at radius 3 is 2.30 bits per heavy atom. The van der Waals surface area contributed by atoms with Gasteiger partial charge in [-0.3, -0.25) is 5.41 Å². The normalized spacial score (nSPS) is 7.60. The highest BCUT2D eigenvalue weighted by Gasteiger charge is 1.82. The number of benzene rings is 1. The minimum Gasteiger partial charge on any atom is -0.446 e. The fraction of sp³-hybridized carbons (Fsp3) is 0. The highest BCUT2D eigenvalue weighted by Crippen LogP contribution is 2.05. The summed E-state index contributed by atoms with van der Waals surface area (Å²) in [7, 11) is 0. The molecule has 0 unspecified atom stereocenters. The van der Waals surface area contributed by atoms with Crippen LogP contribution in [-0.2, 0) is 0 Å². The maximum atomic E-state index is 6.59. The summed E-state index contributed by atoms with van der Waals surface area (Å²) in [5.41, 5.74) is 0. The van der Waals surface area contributed by atoms with Gasteiger partial charge in [-0.1, -0.05) is 18.2 Å². The lowest BCUT2D eigenvalue weighted by Crippen LogP contribution is -1.85. The number of para-hydroxylation sites is 1. The third kappa shape index (κ3) is 2.51. The van der Waals surface area contributed by atoms with E-state index < -0.39 is 0 Å². The van der Waals surface area contributed by atoms with E-state index in [1.165, 1.54) is 0 Å². The molecular weight excluding hydrogens is 150 g/mol. The standard InChI is InChI=1S/C7H7NO.ClH/c8-6-9-7-4-2-1-3-5-7;/h1-6,8H;1H. The van der Waals surface area contributed by atoms with E-state index in [0.29, 0.717) is 5.75 Å². The largest absolute Gasteiger partial charge is 0.446 e. The molecule has 0 spiro atoms. The molecule has 0 saturated carbocycles. The van der Waals surface area contributed by atoms with Gasteiger partial charge >= 0.3 is 0 Å². The molecule has 0 aliphatic heterocycles. The van der Waals surface area contributed by atoms with Gasteiger partial charge in [0.05, 0.1) is 0 Å². The predicted molar refractivity (Wildman–Crippen MR) is 43.1 cm³/mol. The fourth-order valence-electron chi connectivity index (χ4n) is 0.567. The predicted octanol–water partition coefficient (Wildman–Crippen LogP) is 2.09. The summed E-state index contributed by atoms with van der Waals surface area (Å²) < 4.78 is 4.75. The van der Waals surface area contributed by atoms with Crippen LogP contribution in [-0.4, -0.2) is 6.40 Å². The number of nitrogens with one attached hydrogen (secondary N) is 1. The summed E-state index contributed by atoms with van der Waals surface area (Å²) >= 11 is 0. The van der Waals surface area contributed by atoms with E-state index in [1.807, 2.05) is 18.2 Å². The van der Waals surface area contributed by atoms with Crippen LogP contribution < -0.4 is 4.74 Å². The SMILES string of the molecule is Cl.N=COc1ccccc1. The van der Waals surface area contributed by atoms with Gasteiger partial charge in [0, 0.05) is 0 Å². The number of halogens is 1. The van der Waals surface area contributed by atoms with Crippen LogP contribution in [0.1, 0.15) is 0 Å². The van der Waals surface area contributed by atoms with Crippen molar-refractivity contribution in [2.24, 2.45) is 0 Å². The van der Waals surface area contributed by atoms with Crippen LogP contribution in [0.4, 0.5) is 0 Å². The van der Waals surface area contributed by atoms with E-state index in [1.54, 1.807) is 12.1 Å². The quantitative estimate of drug-likeness (QED) is 0.518. The molecule has 1 aromatic rings. The van der Waals surface area contributed by atoms with Gasteiger partial charge in [-0.05, 0) is 12.1 Å². The van der Waals surface area contributed by atoms with Gasteiger partial charge in [0.15, 0.2) is 6.40 Å². The van der Waals surface area contributed by atoms with Crippen molar-refractivity contribution in [2.75, 3.05) is 0 Å². The molecular formula is C7H8ClNO. The third-order valence-corrected chi connectivity index (χ3v) is 0.938. The van der Waals surface area contributed by atoms with Crippen molar-refractivity contribution in [1.29, 1.82) is 5.41 Å². The summed E-state index contributed by atoms with van der Waals surface area (Å²) in [5, 5.41) is 6.59. The average molecular weight is 158 g/mol. The third-order valence-electron chi connectivity index (χ3n) is 0.938. The highest BCUT2D eigenvalue weighted by molar-refractivity contribution is 5.85. The second-order valence-electron chi connectivity index (χ2n) is 1.55. The van der Waals surface area contributed by atoms with E-state index in [-0.39, 0.29) is 12.4 Å². The molecule has 0 amide bonds. The molecule has 0 aromatic heterocycles. The summed E-state index contributed by atoms with van der Waals surface area (Å²) in [5.74, 6) is 0.701. The molecule has 0 radical (unpaired) electrons. The number of hydrogen-bond donors (Lipinski definition) is 1. The Kier molecular flexibility index (Phi) is 4.33. The van der Waals surface area contributed by atoms with Crippen LogP contribution in [0.15, 0.2) is 30.3 Å². The average Bonchev–Trinajstić information content (AvgIpc) is 1.91. The van der Waals surface area contributed by atoms with Crippen molar-refractivity contribution in [3.05, 3.63) is 30.3 Å². The zero-order valence-electron chi connectivity index (χ0n) is 5.28. The first kappa shape index (κ1) is 8.98. The molecule has 0 saturated heterocycles. The molecule has 54 valence electrons. The maximum Gasteiger partial charge on any atom is 0.173 e. The van der Waals surface area contributed by atoms with Gasteiger partial charge in [0.2, 0.25) is 0 Å². The Labute approximate surface area is 65.7 Å². The van der Waals surface area contributed by atoms with Gasteiger partial charge < -0.3 is 4.74 Å². The van der Waals surface area contributed by atoms with E-state index in [0.717, 1.165) is 6.40 Å². The summed E-state index contributed by atoms with van der Waals surface area (Å²) in [4.78, 5) is 0. The van der Waals surface area contributed by atoms with Crippen molar-refractivity contribution in [3.63, 3.8) is 0 Å². The van der Waals surface area contributed by atoms with Crippen LogP contribution in [0.3, 0.4) is 0 Å². The Hall–Kier alpha value is -1.02. The van der Waals surface area contributed by atoms with Crippen LogP contribution in [0.5, 0.6) is 5.75 Å². The Morgan fingerprint density at radius 1 is 1.20 bits per heavy atom. The molecule has 1 N–H and O–H groups in total. The zero-order chi connectivity index (χ0) is 6.53. The molecule has 0 aliphatic rings. The van der Waals surface area contributed by atoms with E-state index in [4.69, 9.17) is 10.1 Å². The van der Waals surface area contributed by atoms with Gasteiger partial charge in [0.25, 0.3) is 0 Å². The Balaban J connectivity index is 0.000000810. The van der Waals surface area contributed by atoms with Crippen LogP contribution in [0, 0.1) is 5.41 Å². The van der Waals surface area contributed by atoms with E-state index >= 15 is 0 Å². The lowest BCUT2D eigenvalue weighted by Gasteiger charge is -1.93. The Bertz CT molecular complexity index is 188. The molecule has 10 heavy (non-hydrogen) atoms. The number of ether oxygens (including phenoxy) is 1. The first-order chi connectivity index (χ1) is 4.43. The first-order valence-electron chi connectivity index (χ1n) is 2.64. The van der Waals surface area contributed by atoms with Crippen LogP contribution >= 0.6 is 12.4 Å². The molecule has 0 bridgehead atoms. The van der Waals surface area contributed by atoms with Gasteiger partial charge in [-0.2, -0.15) is 0 Å². The first-order valence-corrected chi connectivity index (χ1v) is 2.64. The molecule has 2 nitrogen and oxygen atoms in total. The minimum absolute atomic E-state index is 0. The molecule has 0 atom stereocenters. The second-order valence-corrected chi connectivity index (χ2v) is 1.55. The molecule has 0 fully saturated rings. The second kappa shape index (κ2) is 4.82. The topological polar surface area (TPSA) is 33.1 Å². The van der Waals surface area contributed by atoms with Gasteiger partial charge in [0.1, 0.15) is 5.75 Å². The fourth-order valence-corrected chi connectivity index (χ4v) is 0.567. The van der Waals surface area contributed by atoms with Crippen LogP contribution in [0.25, 0.3) is 0 Å². The monoisotopic (exact) mass is 157 g/mol. The van der Waals surface area contributed by atoms with E-state index in [9.17, 15) is 0 Å². The van der Waals surface area contributed by atoms with Crippen molar-refractivity contribution in [2.45, 2.75) is 0 Å². The number of hydrogen-bond acceptors (Lipinski definition) is 2. The molecule has 0 aliphatic carbocycles. The van der Waals surface area contributed by atoms with Crippen molar-refractivity contribution in [1.82, 2.24) is 0 Å². The highest BCUT2D eigenvalue weighted by atomic mass is 35.5. The van der Waals surface area contributed by atoms with Crippen LogP contribution in [0.2, 0.25) is 0 Å². The summed E-state index contributed by atoms with van der Waals surface area (Å²) in [6, 6.07) is 9.21. The summed E-state index contributed by atoms with van der Waals surface area (Å²) in [6.45, 7) is 0. The molecule has 0 heterocycles. The lowest BCUT2D eigenvalue weighted by atomic mass is 10.3. The van der Waals surface area contributed by atoms with Crippen molar-refractivity contribution in [3.8, 4) is 5.75 Å².